The average Bonchev–Trinajstić information content (AvgIpc) is 2.69. The van der Waals surface area contributed by atoms with Gasteiger partial charge < -0.3 is 20.5 Å². The van der Waals surface area contributed by atoms with Gasteiger partial charge in [-0.25, -0.2) is 0 Å². The van der Waals surface area contributed by atoms with Gasteiger partial charge in [0.2, 0.25) is 12.1 Å². The summed E-state index contributed by atoms with van der Waals surface area (Å²) in [7, 11) is 0. The molecule has 4 bridgehead atoms. The van der Waals surface area contributed by atoms with Crippen LogP contribution in [0.2, 0.25) is 0 Å². The summed E-state index contributed by atoms with van der Waals surface area (Å²) in [6.07, 6.45) is 1.38. The Labute approximate surface area is 190 Å². The van der Waals surface area contributed by atoms with Gasteiger partial charge in [-0.15, -0.1) is 13.2 Å². The molecule has 1 aromatic rings. The molecule has 178 valence electrons. The number of nitriles is 1. The molecule has 0 saturated heterocycles. The summed E-state index contributed by atoms with van der Waals surface area (Å²) in [5.74, 6) is 1.07. The number of amides is 1. The molecule has 10 heteroatoms. The molecule has 2 atom stereocenters. The Bertz CT molecular complexity index is 968. The van der Waals surface area contributed by atoms with Gasteiger partial charge in [0.05, 0.1) is 0 Å². The lowest BCUT2D eigenvalue weighted by atomic mass is 9.47. The molecule has 4 fully saturated rings. The van der Waals surface area contributed by atoms with Crippen LogP contribution >= 0.6 is 0 Å². The normalized spacial score (nSPS) is 31.1. The molecule has 1 aromatic carbocycles. The number of nitrogens with zero attached hydrogens (tertiary/aromatic N) is 2. The largest absolute Gasteiger partial charge is 0.573 e. The second kappa shape index (κ2) is 8.12. The second-order valence-corrected chi connectivity index (χ2v) is 9.98. The molecule has 7 nitrogen and oxygen atoms in total. The SMILES string of the molecule is CC(C)(Oc1ccc(OC(F)(F)F)cc1)/C(=N\C#N)NC1C2CC3CC1CC(C(N)=O)(C3)C2. The maximum Gasteiger partial charge on any atom is 0.573 e. The third-order valence-electron chi connectivity index (χ3n) is 7.26. The first-order chi connectivity index (χ1) is 15.4. The molecular weight excluding hydrogens is 437 g/mol. The number of ether oxygens (including phenoxy) is 2. The zero-order valence-corrected chi connectivity index (χ0v) is 18.5. The molecule has 0 heterocycles. The fraction of sp³-hybridized carbons (Fsp3) is 0.609. The minimum absolute atomic E-state index is 0.0477. The Morgan fingerprint density at radius 1 is 1.12 bits per heavy atom. The number of nitrogens with two attached hydrogens (primary N) is 1. The number of amidine groups is 1. The maximum atomic E-state index is 12.4. The van der Waals surface area contributed by atoms with E-state index < -0.39 is 17.4 Å². The summed E-state index contributed by atoms with van der Waals surface area (Å²) < 4.78 is 47.0. The second-order valence-electron chi connectivity index (χ2n) is 9.98. The van der Waals surface area contributed by atoms with Crippen molar-refractivity contribution in [1.29, 1.82) is 5.26 Å². The van der Waals surface area contributed by atoms with Crippen LogP contribution in [-0.4, -0.2) is 29.7 Å². The van der Waals surface area contributed by atoms with Gasteiger partial charge in [0.25, 0.3) is 0 Å². The number of carbonyl (C=O) groups is 1. The first-order valence-corrected chi connectivity index (χ1v) is 11.0. The maximum absolute atomic E-state index is 12.4. The lowest BCUT2D eigenvalue weighted by Gasteiger charge is -2.59. The Morgan fingerprint density at radius 2 is 1.67 bits per heavy atom. The Balaban J connectivity index is 1.48. The van der Waals surface area contributed by atoms with Crippen LogP contribution in [0, 0.1) is 34.6 Å². The number of benzene rings is 1. The summed E-state index contributed by atoms with van der Waals surface area (Å²) in [6, 6.07) is 5.10. The number of rotatable bonds is 6. The molecule has 0 aromatic heterocycles. The molecular formula is C23H27F3N4O3. The van der Waals surface area contributed by atoms with Gasteiger partial charge in [0.15, 0.2) is 11.4 Å². The number of aliphatic imine (C=N–C) groups is 1. The zero-order chi connectivity index (χ0) is 24.0. The summed E-state index contributed by atoms with van der Waals surface area (Å²) in [5.41, 5.74) is 4.29. The lowest BCUT2D eigenvalue weighted by Crippen LogP contribution is -2.64. The predicted molar refractivity (Wildman–Crippen MR) is 113 cm³/mol. The average molecular weight is 464 g/mol. The molecule has 5 rings (SSSR count). The molecule has 0 aliphatic heterocycles. The molecule has 4 aliphatic rings. The Morgan fingerprint density at radius 3 is 2.15 bits per heavy atom. The van der Waals surface area contributed by atoms with E-state index >= 15 is 0 Å². The van der Waals surface area contributed by atoms with Gasteiger partial charge >= 0.3 is 6.36 Å². The van der Waals surface area contributed by atoms with E-state index in [9.17, 15) is 23.2 Å². The van der Waals surface area contributed by atoms with E-state index in [0.29, 0.717) is 17.5 Å². The van der Waals surface area contributed by atoms with Crippen molar-refractivity contribution in [2.75, 3.05) is 0 Å². The fourth-order valence-corrected chi connectivity index (χ4v) is 6.16. The number of hydrogen-bond donors (Lipinski definition) is 2. The standard InChI is InChI=1S/C23H27F3N4O3/c1-21(2,32-16-3-5-17(6-4-16)33-23(24,25)26)20(29-12-27)30-18-14-7-13-8-15(18)11-22(9-13,10-14)19(28)31/h3-6,13-15,18H,7-11H2,1-2H3,(H2,28,31)(H,29,30). The highest BCUT2D eigenvalue weighted by molar-refractivity contribution is 5.91. The third kappa shape index (κ3) is 4.72. The molecule has 4 saturated carbocycles. The van der Waals surface area contributed by atoms with Crippen molar-refractivity contribution in [2.45, 2.75) is 64.0 Å². The van der Waals surface area contributed by atoms with Crippen LogP contribution in [0.4, 0.5) is 13.2 Å². The molecule has 0 radical (unpaired) electrons. The number of carbonyl (C=O) groups excluding carboxylic acids is 1. The molecule has 0 spiro atoms. The van der Waals surface area contributed by atoms with Crippen LogP contribution in [0.1, 0.15) is 46.0 Å². The van der Waals surface area contributed by atoms with Gasteiger partial charge in [-0.1, -0.05) is 0 Å². The van der Waals surface area contributed by atoms with E-state index in [4.69, 9.17) is 10.5 Å². The van der Waals surface area contributed by atoms with Crippen molar-refractivity contribution in [2.24, 2.45) is 33.9 Å². The van der Waals surface area contributed by atoms with Crippen LogP contribution in [-0.2, 0) is 4.79 Å². The van der Waals surface area contributed by atoms with Crippen molar-refractivity contribution >= 4 is 11.7 Å². The highest BCUT2D eigenvalue weighted by Gasteiger charge is 2.58. The van der Waals surface area contributed by atoms with Gasteiger partial charge in [-0.05, 0) is 88.0 Å². The fourth-order valence-electron chi connectivity index (χ4n) is 6.16. The topological polar surface area (TPSA) is 110 Å². The Kier molecular flexibility index (Phi) is 5.71. The van der Waals surface area contributed by atoms with E-state index in [2.05, 4.69) is 15.0 Å². The van der Waals surface area contributed by atoms with E-state index in [1.54, 1.807) is 13.8 Å². The molecule has 2 unspecified atom stereocenters. The van der Waals surface area contributed by atoms with Crippen molar-refractivity contribution < 1.29 is 27.4 Å². The highest BCUT2D eigenvalue weighted by atomic mass is 19.4. The van der Waals surface area contributed by atoms with E-state index in [-0.39, 0.29) is 29.5 Å². The van der Waals surface area contributed by atoms with Crippen LogP contribution in [0.3, 0.4) is 0 Å². The van der Waals surface area contributed by atoms with Gasteiger partial charge in [-0.3, -0.25) is 4.79 Å². The van der Waals surface area contributed by atoms with Crippen molar-refractivity contribution in [1.82, 2.24) is 5.32 Å². The quantitative estimate of drug-likeness (QED) is 0.377. The lowest BCUT2D eigenvalue weighted by molar-refractivity contribution is -0.274. The van der Waals surface area contributed by atoms with Gasteiger partial charge in [-0.2, -0.15) is 10.3 Å². The minimum atomic E-state index is -4.77. The van der Waals surface area contributed by atoms with Gasteiger partial charge in [0, 0.05) is 11.5 Å². The number of primary amides is 1. The van der Waals surface area contributed by atoms with E-state index in [1.165, 1.54) is 12.1 Å². The van der Waals surface area contributed by atoms with Gasteiger partial charge in [0.1, 0.15) is 11.5 Å². The first kappa shape index (κ1) is 23.2. The summed E-state index contributed by atoms with van der Waals surface area (Å²) in [6.45, 7) is 3.47. The van der Waals surface area contributed by atoms with Crippen LogP contribution in [0.15, 0.2) is 29.3 Å². The van der Waals surface area contributed by atoms with Crippen molar-refractivity contribution in [3.8, 4) is 17.7 Å². The van der Waals surface area contributed by atoms with Crippen LogP contribution in [0.5, 0.6) is 11.5 Å². The third-order valence-corrected chi connectivity index (χ3v) is 7.26. The summed E-state index contributed by atoms with van der Waals surface area (Å²) >= 11 is 0. The summed E-state index contributed by atoms with van der Waals surface area (Å²) in [4.78, 5) is 16.2. The minimum Gasteiger partial charge on any atom is -0.480 e. The van der Waals surface area contributed by atoms with Crippen molar-refractivity contribution in [3.05, 3.63) is 24.3 Å². The Hall–Kier alpha value is -2.96. The number of nitrogens with one attached hydrogen (secondary N) is 1. The van der Waals surface area contributed by atoms with Crippen LogP contribution < -0.4 is 20.5 Å². The molecule has 33 heavy (non-hydrogen) atoms. The van der Waals surface area contributed by atoms with E-state index in [0.717, 1.165) is 44.2 Å². The van der Waals surface area contributed by atoms with E-state index in [1.807, 2.05) is 6.19 Å². The smallest absolute Gasteiger partial charge is 0.480 e. The number of halogens is 3. The monoisotopic (exact) mass is 464 g/mol. The predicted octanol–water partition coefficient (Wildman–Crippen LogP) is 3.89. The molecule has 1 amide bonds. The van der Waals surface area contributed by atoms with Crippen LogP contribution in [0.25, 0.3) is 0 Å². The molecule has 3 N–H and O–H groups in total. The first-order valence-electron chi connectivity index (χ1n) is 11.0. The number of hydrogen-bond acceptors (Lipinski definition) is 5. The summed E-state index contributed by atoms with van der Waals surface area (Å²) in [5, 5.41) is 12.7. The highest BCUT2D eigenvalue weighted by Crippen LogP contribution is 2.60. The number of alkyl halides is 3. The zero-order valence-electron chi connectivity index (χ0n) is 18.5. The molecule has 4 aliphatic carbocycles. The van der Waals surface area contributed by atoms with Crippen molar-refractivity contribution in [3.63, 3.8) is 0 Å².